The Morgan fingerprint density at radius 3 is 2.66 bits per heavy atom. The minimum absolute atomic E-state index is 0.127. The van der Waals surface area contributed by atoms with Crippen molar-refractivity contribution in [3.05, 3.63) is 52.8 Å². The maximum atomic E-state index is 12.9. The first-order valence-electron chi connectivity index (χ1n) is 10.3. The zero-order chi connectivity index (χ0) is 22.9. The second kappa shape index (κ2) is 9.19. The molecule has 1 aliphatic heterocycles. The number of imidazole rings is 1. The molecule has 1 amide bonds. The predicted molar refractivity (Wildman–Crippen MR) is 123 cm³/mol. The number of fused-ring (bicyclic) bond motifs is 1. The zero-order valence-electron chi connectivity index (χ0n) is 18.0. The lowest BCUT2D eigenvalue weighted by atomic mass is 10.2. The normalized spacial score (nSPS) is 15.2. The molecular weight excluding hydrogens is 452 g/mol. The summed E-state index contributed by atoms with van der Waals surface area (Å²) < 4.78 is 34.4. The molecular formula is C22H25ClN4O4S. The summed E-state index contributed by atoms with van der Waals surface area (Å²) >= 11 is 5.96. The van der Waals surface area contributed by atoms with Crippen LogP contribution in [0.4, 0.5) is 5.69 Å². The Hall–Kier alpha value is -2.46. The van der Waals surface area contributed by atoms with Crippen LogP contribution in [0.15, 0.2) is 41.3 Å². The van der Waals surface area contributed by atoms with E-state index in [1.54, 1.807) is 36.4 Å². The average Bonchev–Trinajstić information content (AvgIpc) is 3.10. The Balaban J connectivity index is 1.49. The molecule has 10 heteroatoms. The number of rotatable bonds is 6. The van der Waals surface area contributed by atoms with E-state index < -0.39 is 10.0 Å². The van der Waals surface area contributed by atoms with Gasteiger partial charge in [0.1, 0.15) is 5.82 Å². The largest absolute Gasteiger partial charge is 0.379 e. The van der Waals surface area contributed by atoms with Gasteiger partial charge in [0.25, 0.3) is 0 Å². The third-order valence-corrected chi connectivity index (χ3v) is 7.72. The summed E-state index contributed by atoms with van der Waals surface area (Å²) in [7, 11) is -1.73. The number of aromatic nitrogens is 2. The topological polar surface area (TPSA) is 93.5 Å². The van der Waals surface area contributed by atoms with Crippen LogP contribution < -0.4 is 5.32 Å². The van der Waals surface area contributed by atoms with E-state index in [0.29, 0.717) is 49.1 Å². The van der Waals surface area contributed by atoms with Gasteiger partial charge in [-0.25, -0.2) is 13.4 Å². The first-order valence-corrected chi connectivity index (χ1v) is 12.2. The van der Waals surface area contributed by atoms with Crippen LogP contribution in [0.25, 0.3) is 11.0 Å². The van der Waals surface area contributed by atoms with E-state index in [0.717, 1.165) is 16.8 Å². The fraction of sp³-hybridized carbons (Fsp3) is 0.364. The summed E-state index contributed by atoms with van der Waals surface area (Å²) in [4.78, 5) is 17.2. The van der Waals surface area contributed by atoms with Crippen molar-refractivity contribution in [2.75, 3.05) is 31.6 Å². The number of nitrogens with one attached hydrogen (secondary N) is 1. The monoisotopic (exact) mass is 476 g/mol. The number of carbonyl (C=O) groups is 1. The molecule has 8 nitrogen and oxygen atoms in total. The molecule has 0 spiro atoms. The maximum absolute atomic E-state index is 12.9. The van der Waals surface area contributed by atoms with Crippen LogP contribution in [0.3, 0.4) is 0 Å². The molecule has 1 saturated heterocycles. The van der Waals surface area contributed by atoms with E-state index in [1.165, 1.54) is 4.31 Å². The van der Waals surface area contributed by atoms with Gasteiger partial charge >= 0.3 is 0 Å². The number of aryl methyl sites for hydroxylation is 3. The minimum Gasteiger partial charge on any atom is -0.379 e. The van der Waals surface area contributed by atoms with Crippen molar-refractivity contribution in [1.29, 1.82) is 0 Å². The van der Waals surface area contributed by atoms with Crippen molar-refractivity contribution in [3.8, 4) is 0 Å². The molecule has 2 heterocycles. The zero-order valence-corrected chi connectivity index (χ0v) is 19.5. The molecule has 0 aliphatic carbocycles. The molecule has 4 rings (SSSR count). The van der Waals surface area contributed by atoms with Crippen LogP contribution in [0, 0.1) is 6.92 Å². The summed E-state index contributed by atoms with van der Waals surface area (Å²) in [5, 5.41) is 3.52. The number of halogens is 1. The van der Waals surface area contributed by atoms with Crippen molar-refractivity contribution in [2.45, 2.75) is 24.7 Å². The second-order valence-electron chi connectivity index (χ2n) is 7.76. The number of hydrogen-bond acceptors (Lipinski definition) is 5. The number of ether oxygens (including phenoxy) is 1. The smallest absolute Gasteiger partial charge is 0.243 e. The Bertz CT molecular complexity index is 1270. The van der Waals surface area contributed by atoms with Crippen LogP contribution in [0.5, 0.6) is 0 Å². The fourth-order valence-corrected chi connectivity index (χ4v) is 5.41. The number of amides is 1. The number of morpholine rings is 1. The fourth-order valence-electron chi connectivity index (χ4n) is 3.75. The van der Waals surface area contributed by atoms with Crippen LogP contribution in [-0.4, -0.2) is 54.5 Å². The molecule has 1 fully saturated rings. The molecule has 1 aliphatic rings. The lowest BCUT2D eigenvalue weighted by Crippen LogP contribution is -2.40. The standard InChI is InChI=1S/C22H25ClN4O4S/c1-15-13-16(23)3-5-18(15)25-22(28)8-7-21-24-19-14-17(4-6-20(19)26(21)2)32(29,30)27-9-11-31-12-10-27/h3-6,13-14H,7-12H2,1-2H3,(H,25,28). The molecule has 3 aromatic rings. The molecule has 2 aromatic carbocycles. The highest BCUT2D eigenvalue weighted by atomic mass is 35.5. The van der Waals surface area contributed by atoms with E-state index in [1.807, 2.05) is 18.5 Å². The summed E-state index contributed by atoms with van der Waals surface area (Å²) in [6.45, 7) is 3.36. The lowest BCUT2D eigenvalue weighted by molar-refractivity contribution is -0.116. The highest BCUT2D eigenvalue weighted by Gasteiger charge is 2.27. The summed E-state index contributed by atoms with van der Waals surface area (Å²) in [5.74, 6) is 0.585. The van der Waals surface area contributed by atoms with Gasteiger partial charge in [-0.3, -0.25) is 4.79 Å². The maximum Gasteiger partial charge on any atom is 0.243 e. The van der Waals surface area contributed by atoms with Gasteiger partial charge in [0, 0.05) is 43.7 Å². The van der Waals surface area contributed by atoms with Crippen molar-refractivity contribution >= 4 is 44.3 Å². The summed E-state index contributed by atoms with van der Waals surface area (Å²) in [6.07, 6.45) is 0.674. The molecule has 1 N–H and O–H groups in total. The molecule has 0 atom stereocenters. The van der Waals surface area contributed by atoms with E-state index in [2.05, 4.69) is 10.3 Å². The molecule has 0 saturated carbocycles. The van der Waals surface area contributed by atoms with Gasteiger partial charge in [-0.2, -0.15) is 4.31 Å². The molecule has 0 bridgehead atoms. The van der Waals surface area contributed by atoms with Crippen LogP contribution in [-0.2, 0) is 33.0 Å². The predicted octanol–water partition coefficient (Wildman–Crippen LogP) is 3.13. The first kappa shape index (κ1) is 22.7. The Labute approximate surface area is 192 Å². The third-order valence-electron chi connectivity index (χ3n) is 5.59. The number of carbonyl (C=O) groups excluding carboxylic acids is 1. The van der Waals surface area contributed by atoms with Gasteiger partial charge in [0.15, 0.2) is 0 Å². The molecule has 0 radical (unpaired) electrons. The second-order valence-corrected chi connectivity index (χ2v) is 10.1. The van der Waals surface area contributed by atoms with Crippen LogP contribution in [0.1, 0.15) is 17.8 Å². The molecule has 170 valence electrons. The molecule has 32 heavy (non-hydrogen) atoms. The summed E-state index contributed by atoms with van der Waals surface area (Å²) in [5.41, 5.74) is 3.02. The Morgan fingerprint density at radius 1 is 1.19 bits per heavy atom. The number of sulfonamides is 1. The highest BCUT2D eigenvalue weighted by Crippen LogP contribution is 2.24. The average molecular weight is 477 g/mol. The van der Waals surface area contributed by atoms with Gasteiger partial charge in [-0.15, -0.1) is 0 Å². The van der Waals surface area contributed by atoms with E-state index in [4.69, 9.17) is 16.3 Å². The highest BCUT2D eigenvalue weighted by molar-refractivity contribution is 7.89. The molecule has 0 unspecified atom stereocenters. The van der Waals surface area contributed by atoms with Crippen molar-refractivity contribution in [2.24, 2.45) is 7.05 Å². The van der Waals surface area contributed by atoms with Gasteiger partial charge in [0.05, 0.1) is 29.1 Å². The van der Waals surface area contributed by atoms with E-state index >= 15 is 0 Å². The van der Waals surface area contributed by atoms with Gasteiger partial charge < -0.3 is 14.6 Å². The third kappa shape index (κ3) is 4.66. The Kier molecular flexibility index (Phi) is 6.52. The lowest BCUT2D eigenvalue weighted by Gasteiger charge is -2.26. The quantitative estimate of drug-likeness (QED) is 0.590. The molecule has 1 aromatic heterocycles. The number of nitrogens with zero attached hydrogens (tertiary/aromatic N) is 3. The van der Waals surface area contributed by atoms with Crippen molar-refractivity contribution < 1.29 is 17.9 Å². The van der Waals surface area contributed by atoms with Gasteiger partial charge in [-0.1, -0.05) is 11.6 Å². The Morgan fingerprint density at radius 2 is 1.94 bits per heavy atom. The SMILES string of the molecule is Cc1cc(Cl)ccc1NC(=O)CCc1nc2cc(S(=O)(=O)N3CCOCC3)ccc2n1C. The van der Waals surface area contributed by atoms with Gasteiger partial charge in [0.2, 0.25) is 15.9 Å². The van der Waals surface area contributed by atoms with Crippen LogP contribution in [0.2, 0.25) is 5.02 Å². The van der Waals surface area contributed by atoms with Gasteiger partial charge in [-0.05, 0) is 48.9 Å². The summed E-state index contributed by atoms with van der Waals surface area (Å²) in [6, 6.07) is 10.3. The number of anilines is 1. The van der Waals surface area contributed by atoms with Crippen molar-refractivity contribution in [3.63, 3.8) is 0 Å². The van der Waals surface area contributed by atoms with E-state index in [-0.39, 0.29) is 17.2 Å². The van der Waals surface area contributed by atoms with E-state index in [9.17, 15) is 13.2 Å². The number of hydrogen-bond donors (Lipinski definition) is 1. The minimum atomic E-state index is -3.59. The van der Waals surface area contributed by atoms with Crippen LogP contribution >= 0.6 is 11.6 Å². The number of benzene rings is 2. The first-order chi connectivity index (χ1) is 15.3. The van der Waals surface area contributed by atoms with Crippen molar-refractivity contribution in [1.82, 2.24) is 13.9 Å².